The molecule has 21 heavy (non-hydrogen) atoms. The summed E-state index contributed by atoms with van der Waals surface area (Å²) < 4.78 is 24.4. The molecule has 0 saturated carbocycles. The molecule has 0 spiro atoms. The normalized spacial score (nSPS) is 11.9. The maximum atomic E-state index is 11.2. The number of benzene rings is 1. The fourth-order valence-corrected chi connectivity index (χ4v) is 3.10. The van der Waals surface area contributed by atoms with E-state index in [9.17, 15) is 13.2 Å². The van der Waals surface area contributed by atoms with Crippen LogP contribution >= 0.6 is 0 Å². The molecule has 0 aliphatic heterocycles. The van der Waals surface area contributed by atoms with Gasteiger partial charge in [0.05, 0.1) is 5.75 Å². The van der Waals surface area contributed by atoms with Crippen LogP contribution in [-0.2, 0) is 27.6 Å². The highest BCUT2D eigenvalue weighted by Crippen LogP contribution is 2.23. The van der Waals surface area contributed by atoms with Gasteiger partial charge in [-0.25, -0.2) is 8.42 Å². The van der Waals surface area contributed by atoms with Crippen LogP contribution in [0.1, 0.15) is 18.4 Å². The lowest BCUT2D eigenvalue weighted by atomic mass is 10.1. The number of hydrogen-bond acceptors (Lipinski definition) is 3. The zero-order valence-corrected chi connectivity index (χ0v) is 12.8. The van der Waals surface area contributed by atoms with Crippen LogP contribution < -0.4 is 0 Å². The Morgan fingerprint density at radius 3 is 2.67 bits per heavy atom. The Morgan fingerprint density at radius 2 is 2.00 bits per heavy atom. The summed E-state index contributed by atoms with van der Waals surface area (Å²) in [6.45, 7) is 0.612. The predicted octanol–water partition coefficient (Wildman–Crippen LogP) is 2.09. The number of aromatic nitrogens is 1. The zero-order chi connectivity index (χ0) is 15.5. The van der Waals surface area contributed by atoms with Crippen molar-refractivity contribution in [2.45, 2.75) is 25.8 Å². The smallest absolute Gasteiger partial charge is 0.303 e. The molecule has 0 aliphatic rings. The number of fused-ring (bicyclic) bond motifs is 1. The molecule has 0 saturated heterocycles. The molecule has 2 rings (SSSR count). The highest BCUT2D eigenvalue weighted by molar-refractivity contribution is 7.90. The van der Waals surface area contributed by atoms with Crippen molar-refractivity contribution < 1.29 is 18.3 Å². The van der Waals surface area contributed by atoms with Gasteiger partial charge in [0.2, 0.25) is 0 Å². The Morgan fingerprint density at radius 1 is 1.29 bits per heavy atom. The van der Waals surface area contributed by atoms with Gasteiger partial charge in [-0.3, -0.25) is 4.79 Å². The van der Waals surface area contributed by atoms with Crippen molar-refractivity contribution >= 4 is 26.7 Å². The molecule has 1 N–H and O–H groups in total. The predicted molar refractivity (Wildman–Crippen MR) is 82.2 cm³/mol. The second-order valence-corrected chi connectivity index (χ2v) is 7.50. The van der Waals surface area contributed by atoms with Crippen LogP contribution in [0.3, 0.4) is 0 Å². The van der Waals surface area contributed by atoms with Crippen molar-refractivity contribution in [3.8, 4) is 0 Å². The van der Waals surface area contributed by atoms with Crippen LogP contribution in [0.5, 0.6) is 0 Å². The molecule has 1 heterocycles. The van der Waals surface area contributed by atoms with Gasteiger partial charge >= 0.3 is 5.97 Å². The van der Waals surface area contributed by atoms with E-state index < -0.39 is 15.8 Å². The zero-order valence-electron chi connectivity index (χ0n) is 11.9. The largest absolute Gasteiger partial charge is 0.481 e. The van der Waals surface area contributed by atoms with E-state index in [1.165, 1.54) is 6.26 Å². The minimum atomic E-state index is -2.95. The molecule has 0 unspecified atom stereocenters. The van der Waals surface area contributed by atoms with Crippen LogP contribution in [0.25, 0.3) is 10.9 Å². The molecule has 0 radical (unpaired) electrons. The molecule has 114 valence electrons. The summed E-state index contributed by atoms with van der Waals surface area (Å²) >= 11 is 0. The lowest BCUT2D eigenvalue weighted by Gasteiger charge is -2.04. The van der Waals surface area contributed by atoms with E-state index in [-0.39, 0.29) is 12.2 Å². The van der Waals surface area contributed by atoms with E-state index in [2.05, 4.69) is 0 Å². The summed E-state index contributed by atoms with van der Waals surface area (Å²) in [5.74, 6) is -0.659. The fourth-order valence-electron chi connectivity index (χ4n) is 2.45. The topological polar surface area (TPSA) is 76.4 Å². The van der Waals surface area contributed by atoms with E-state index in [0.29, 0.717) is 19.4 Å². The van der Waals surface area contributed by atoms with Crippen molar-refractivity contribution in [1.29, 1.82) is 0 Å². The molecule has 2 aromatic rings. The molecule has 1 aromatic carbocycles. The summed E-state index contributed by atoms with van der Waals surface area (Å²) in [6, 6.07) is 7.80. The van der Waals surface area contributed by atoms with Gasteiger partial charge in [-0.1, -0.05) is 18.2 Å². The maximum absolute atomic E-state index is 11.2. The molecular weight excluding hydrogens is 290 g/mol. The minimum Gasteiger partial charge on any atom is -0.481 e. The Kier molecular flexibility index (Phi) is 4.67. The van der Waals surface area contributed by atoms with Crippen molar-refractivity contribution in [3.05, 3.63) is 36.0 Å². The number of nitrogens with zero attached hydrogens (tertiary/aromatic N) is 1. The number of carbonyl (C=O) groups is 1. The highest BCUT2D eigenvalue weighted by atomic mass is 32.2. The number of aryl methyl sites for hydroxylation is 2. The Hall–Kier alpha value is -1.82. The van der Waals surface area contributed by atoms with Crippen molar-refractivity contribution in [2.75, 3.05) is 12.0 Å². The van der Waals surface area contributed by atoms with Crippen LogP contribution in [-0.4, -0.2) is 36.1 Å². The molecule has 6 heteroatoms. The fraction of sp³-hybridized carbons (Fsp3) is 0.400. The average molecular weight is 309 g/mol. The number of para-hydroxylation sites is 1. The van der Waals surface area contributed by atoms with Crippen LogP contribution in [0.4, 0.5) is 0 Å². The molecule has 0 amide bonds. The van der Waals surface area contributed by atoms with E-state index in [1.807, 2.05) is 35.0 Å². The van der Waals surface area contributed by atoms with Gasteiger partial charge in [0.25, 0.3) is 0 Å². The molecule has 0 aliphatic carbocycles. The van der Waals surface area contributed by atoms with Crippen LogP contribution in [0.15, 0.2) is 30.5 Å². The lowest BCUT2D eigenvalue weighted by Crippen LogP contribution is -2.06. The van der Waals surface area contributed by atoms with Gasteiger partial charge in [-0.2, -0.15) is 0 Å². The Balaban J connectivity index is 2.21. The third-order valence-electron chi connectivity index (χ3n) is 3.39. The molecule has 1 aromatic heterocycles. The monoisotopic (exact) mass is 309 g/mol. The second-order valence-electron chi connectivity index (χ2n) is 5.24. The van der Waals surface area contributed by atoms with Gasteiger partial charge in [-0.05, 0) is 24.5 Å². The molecule has 0 bridgehead atoms. The number of rotatable bonds is 7. The third kappa shape index (κ3) is 4.32. The first-order valence-electron chi connectivity index (χ1n) is 6.83. The molecular formula is C15H19NO4S. The summed E-state index contributed by atoms with van der Waals surface area (Å²) in [4.78, 5) is 10.7. The number of carboxylic acids is 1. The van der Waals surface area contributed by atoms with Crippen molar-refractivity contribution in [2.24, 2.45) is 0 Å². The van der Waals surface area contributed by atoms with Gasteiger partial charge < -0.3 is 9.67 Å². The van der Waals surface area contributed by atoms with E-state index in [1.54, 1.807) is 0 Å². The summed E-state index contributed by atoms with van der Waals surface area (Å²) in [7, 11) is -2.95. The van der Waals surface area contributed by atoms with Gasteiger partial charge in [0, 0.05) is 36.3 Å². The first-order chi connectivity index (χ1) is 9.87. The quantitative estimate of drug-likeness (QED) is 0.849. The standard InChI is InChI=1S/C15H19NO4S/c1-21(19,20)10-4-9-16-11-12(7-8-15(17)18)13-5-2-3-6-14(13)16/h2-3,5-6,11H,4,7-10H2,1H3,(H,17,18). The van der Waals surface area contributed by atoms with E-state index in [0.717, 1.165) is 16.5 Å². The number of carboxylic acid groups (broad SMARTS) is 1. The number of hydrogen-bond donors (Lipinski definition) is 1. The summed E-state index contributed by atoms with van der Waals surface area (Å²) in [6.07, 6.45) is 4.30. The number of aliphatic carboxylic acids is 1. The molecule has 0 fully saturated rings. The van der Waals surface area contributed by atoms with E-state index in [4.69, 9.17) is 5.11 Å². The second kappa shape index (κ2) is 6.30. The Labute approximate surface area is 124 Å². The third-order valence-corrected chi connectivity index (χ3v) is 4.42. The molecule has 0 atom stereocenters. The van der Waals surface area contributed by atoms with E-state index >= 15 is 0 Å². The number of sulfone groups is 1. The maximum Gasteiger partial charge on any atom is 0.303 e. The first kappa shape index (κ1) is 15.6. The summed E-state index contributed by atoms with van der Waals surface area (Å²) in [5, 5.41) is 9.85. The van der Waals surface area contributed by atoms with Crippen LogP contribution in [0, 0.1) is 0 Å². The highest BCUT2D eigenvalue weighted by Gasteiger charge is 2.10. The van der Waals surface area contributed by atoms with Crippen molar-refractivity contribution in [3.63, 3.8) is 0 Å². The Bertz CT molecular complexity index is 746. The van der Waals surface area contributed by atoms with Gasteiger partial charge in [-0.15, -0.1) is 0 Å². The van der Waals surface area contributed by atoms with Crippen LogP contribution in [0.2, 0.25) is 0 Å². The first-order valence-corrected chi connectivity index (χ1v) is 8.89. The summed E-state index contributed by atoms with van der Waals surface area (Å²) in [5.41, 5.74) is 2.01. The molecule has 5 nitrogen and oxygen atoms in total. The van der Waals surface area contributed by atoms with Gasteiger partial charge in [0.15, 0.2) is 0 Å². The average Bonchev–Trinajstić information content (AvgIpc) is 2.74. The van der Waals surface area contributed by atoms with Gasteiger partial charge in [0.1, 0.15) is 9.84 Å². The minimum absolute atomic E-state index is 0.0946. The SMILES string of the molecule is CS(=O)(=O)CCCn1cc(CCC(=O)O)c2ccccc21. The van der Waals surface area contributed by atoms with Crippen molar-refractivity contribution in [1.82, 2.24) is 4.57 Å². The lowest BCUT2D eigenvalue weighted by molar-refractivity contribution is -0.136.